The van der Waals surface area contributed by atoms with Crippen molar-refractivity contribution >= 4 is 59.7 Å². The minimum atomic E-state index is 1.05. The molecule has 1 N–H and O–H groups in total. The quantitative estimate of drug-likeness (QED) is 0.284. The van der Waals surface area contributed by atoms with Gasteiger partial charge in [-0.3, -0.25) is 0 Å². The average Bonchev–Trinajstić information content (AvgIpc) is 3.21. The lowest BCUT2D eigenvalue weighted by Crippen LogP contribution is -1.92. The van der Waals surface area contributed by atoms with Crippen LogP contribution in [0.25, 0.3) is 59.7 Å². The van der Waals surface area contributed by atoms with E-state index in [2.05, 4.69) is 109 Å². The van der Waals surface area contributed by atoms with Crippen molar-refractivity contribution in [3.8, 4) is 0 Å². The van der Waals surface area contributed by atoms with Crippen LogP contribution in [0.4, 0.5) is 0 Å². The van der Waals surface area contributed by atoms with E-state index in [4.69, 9.17) is 0 Å². The van der Waals surface area contributed by atoms with E-state index in [1.54, 1.807) is 0 Å². The van der Waals surface area contributed by atoms with E-state index in [0.717, 1.165) is 22.2 Å². The number of aromatic amines is 1. The van der Waals surface area contributed by atoms with Crippen molar-refractivity contribution in [3.63, 3.8) is 0 Å². The summed E-state index contributed by atoms with van der Waals surface area (Å²) in [6, 6.07) is 35.0. The Kier molecular flexibility index (Phi) is 3.21. The maximum absolute atomic E-state index is 4.58. The number of benzene rings is 6. The first kappa shape index (κ1) is 16.7. The van der Waals surface area contributed by atoms with Crippen LogP contribution in [0, 0.1) is 0 Å². The Bertz CT molecular complexity index is 1780. The van der Waals surface area contributed by atoms with Crippen LogP contribution >= 0.6 is 0 Å². The van der Waals surface area contributed by atoms with Gasteiger partial charge in [0.25, 0.3) is 0 Å². The molecule has 0 radical (unpaired) electrons. The van der Waals surface area contributed by atoms with Gasteiger partial charge in [0.2, 0.25) is 0 Å². The van der Waals surface area contributed by atoms with Crippen molar-refractivity contribution in [1.82, 2.24) is 4.98 Å². The van der Waals surface area contributed by atoms with Crippen LogP contribution in [0.15, 0.2) is 104 Å². The van der Waals surface area contributed by atoms with Gasteiger partial charge in [0.05, 0.1) is 5.52 Å². The lowest BCUT2D eigenvalue weighted by Gasteiger charge is -2.16. The molecule has 0 saturated heterocycles. The van der Waals surface area contributed by atoms with E-state index in [1.165, 1.54) is 48.7 Å². The second kappa shape index (κ2) is 5.96. The van der Waals surface area contributed by atoms with Crippen molar-refractivity contribution in [2.24, 2.45) is 0 Å². The Morgan fingerprint density at radius 3 is 2.06 bits per heavy atom. The molecule has 0 aliphatic carbocycles. The molecule has 31 heavy (non-hydrogen) atoms. The molecule has 0 amide bonds. The molecular formula is C30H19N. The van der Waals surface area contributed by atoms with E-state index in [1.807, 2.05) is 0 Å². The first-order valence-electron chi connectivity index (χ1n) is 10.7. The third kappa shape index (κ3) is 2.21. The molecule has 1 heteroatoms. The van der Waals surface area contributed by atoms with Gasteiger partial charge in [-0.05, 0) is 49.5 Å². The minimum absolute atomic E-state index is 1.05. The Morgan fingerprint density at radius 2 is 1.19 bits per heavy atom. The summed E-state index contributed by atoms with van der Waals surface area (Å²) in [4.78, 5) is 3.63. The van der Waals surface area contributed by atoms with Crippen LogP contribution in [-0.4, -0.2) is 4.98 Å². The fraction of sp³-hybridized carbons (Fsp3) is 0. The highest BCUT2D eigenvalue weighted by Gasteiger charge is 2.16. The third-order valence-electron chi connectivity index (χ3n) is 6.72. The Labute approximate surface area is 179 Å². The van der Waals surface area contributed by atoms with Crippen molar-refractivity contribution in [1.29, 1.82) is 0 Å². The molecule has 0 bridgehead atoms. The number of para-hydroxylation sites is 2. The average molecular weight is 393 g/mol. The first-order valence-corrected chi connectivity index (χ1v) is 10.7. The first-order chi connectivity index (χ1) is 15.3. The van der Waals surface area contributed by atoms with Crippen molar-refractivity contribution in [2.45, 2.75) is 0 Å². The summed E-state index contributed by atoms with van der Waals surface area (Å²) in [6.45, 7) is 4.58. The van der Waals surface area contributed by atoms with Crippen LogP contribution in [-0.2, 0) is 0 Å². The molecule has 0 aliphatic rings. The van der Waals surface area contributed by atoms with Gasteiger partial charge in [0, 0.05) is 21.9 Å². The molecule has 0 spiro atoms. The maximum atomic E-state index is 4.58. The number of hydrogen-bond acceptors (Lipinski definition) is 0. The zero-order valence-corrected chi connectivity index (χ0v) is 16.9. The van der Waals surface area contributed by atoms with Crippen LogP contribution in [0.2, 0.25) is 0 Å². The molecule has 1 aromatic heterocycles. The summed E-state index contributed by atoms with van der Waals surface area (Å²) >= 11 is 0. The number of fused-ring (bicyclic) bond motifs is 3. The topological polar surface area (TPSA) is 15.8 Å². The second-order valence-corrected chi connectivity index (χ2v) is 8.35. The molecule has 6 aromatic carbocycles. The number of aromatic nitrogens is 1. The van der Waals surface area contributed by atoms with Gasteiger partial charge < -0.3 is 4.98 Å². The van der Waals surface area contributed by atoms with E-state index in [0.29, 0.717) is 0 Å². The standard InChI is InChI=1S/C30H19N/c1-18(23-9-5-10-26-24-8-2-3-11-27(24)31-30(23)26)22-16-14-21-13-12-19-6-4-7-20-15-17-25(22)29(21)28(19)20/h2-17,31H,1H2. The van der Waals surface area contributed by atoms with Crippen molar-refractivity contribution in [3.05, 3.63) is 115 Å². The molecule has 0 atom stereocenters. The molecule has 7 aromatic rings. The zero-order chi connectivity index (χ0) is 20.5. The fourth-order valence-electron chi connectivity index (χ4n) is 5.27. The summed E-state index contributed by atoms with van der Waals surface area (Å²) in [5.41, 5.74) is 5.71. The van der Waals surface area contributed by atoms with Gasteiger partial charge in [0.15, 0.2) is 0 Å². The van der Waals surface area contributed by atoms with Gasteiger partial charge in [0.1, 0.15) is 0 Å². The molecule has 0 fully saturated rings. The number of nitrogens with one attached hydrogen (secondary N) is 1. The summed E-state index contributed by atoms with van der Waals surface area (Å²) in [6.07, 6.45) is 0. The predicted octanol–water partition coefficient (Wildman–Crippen LogP) is 8.28. The highest BCUT2D eigenvalue weighted by Crippen LogP contribution is 2.40. The monoisotopic (exact) mass is 393 g/mol. The van der Waals surface area contributed by atoms with Crippen molar-refractivity contribution in [2.75, 3.05) is 0 Å². The third-order valence-corrected chi connectivity index (χ3v) is 6.72. The Hall–Kier alpha value is -4.10. The molecule has 0 unspecified atom stereocenters. The Balaban J connectivity index is 1.54. The number of rotatable bonds is 2. The number of H-pyrrole nitrogens is 1. The Morgan fingerprint density at radius 1 is 0.516 bits per heavy atom. The summed E-state index contributed by atoms with van der Waals surface area (Å²) in [5, 5.41) is 10.3. The van der Waals surface area contributed by atoms with E-state index in [9.17, 15) is 0 Å². The summed E-state index contributed by atoms with van der Waals surface area (Å²) < 4.78 is 0. The highest BCUT2D eigenvalue weighted by molar-refractivity contribution is 6.25. The lowest BCUT2D eigenvalue weighted by atomic mass is 9.88. The van der Waals surface area contributed by atoms with Gasteiger partial charge >= 0.3 is 0 Å². The molecule has 144 valence electrons. The zero-order valence-electron chi connectivity index (χ0n) is 16.9. The van der Waals surface area contributed by atoms with E-state index in [-0.39, 0.29) is 0 Å². The fourth-order valence-corrected chi connectivity index (χ4v) is 5.27. The largest absolute Gasteiger partial charge is 0.354 e. The maximum Gasteiger partial charge on any atom is 0.0544 e. The van der Waals surface area contributed by atoms with Gasteiger partial charge in [-0.1, -0.05) is 97.6 Å². The van der Waals surface area contributed by atoms with Crippen LogP contribution in [0.5, 0.6) is 0 Å². The van der Waals surface area contributed by atoms with Crippen LogP contribution in [0.1, 0.15) is 11.1 Å². The molecule has 7 rings (SSSR count). The van der Waals surface area contributed by atoms with Gasteiger partial charge in [-0.25, -0.2) is 0 Å². The lowest BCUT2D eigenvalue weighted by molar-refractivity contribution is 1.52. The smallest absolute Gasteiger partial charge is 0.0544 e. The highest BCUT2D eigenvalue weighted by atomic mass is 14.7. The molecule has 1 nitrogen and oxygen atoms in total. The van der Waals surface area contributed by atoms with E-state index < -0.39 is 0 Å². The minimum Gasteiger partial charge on any atom is -0.354 e. The normalized spacial score (nSPS) is 12.0. The van der Waals surface area contributed by atoms with Gasteiger partial charge in [-0.2, -0.15) is 0 Å². The van der Waals surface area contributed by atoms with Gasteiger partial charge in [-0.15, -0.1) is 0 Å². The number of hydrogen-bond donors (Lipinski definition) is 1. The van der Waals surface area contributed by atoms with Crippen molar-refractivity contribution < 1.29 is 0 Å². The van der Waals surface area contributed by atoms with E-state index >= 15 is 0 Å². The summed E-state index contributed by atoms with van der Waals surface area (Å²) in [5.74, 6) is 0. The SMILES string of the molecule is C=C(c1ccc2ccc3cccc4ccc1c2c34)c1cccc2c1[nH]c1ccccc12. The van der Waals surface area contributed by atoms with Crippen LogP contribution in [0.3, 0.4) is 0 Å². The molecular weight excluding hydrogens is 374 g/mol. The van der Waals surface area contributed by atoms with Crippen LogP contribution < -0.4 is 0 Å². The predicted molar refractivity (Wildman–Crippen MR) is 134 cm³/mol. The molecule has 0 saturated carbocycles. The summed E-state index contributed by atoms with van der Waals surface area (Å²) in [7, 11) is 0. The molecule has 1 heterocycles. The molecule has 0 aliphatic heterocycles. The second-order valence-electron chi connectivity index (χ2n) is 8.35.